The Balaban J connectivity index is 2.40. The molecule has 4 nitrogen and oxygen atoms in total. The number of aryl methyl sites for hydroxylation is 1. The van der Waals surface area contributed by atoms with Gasteiger partial charge in [-0.1, -0.05) is 34.1 Å². The van der Waals surface area contributed by atoms with Crippen molar-refractivity contribution in [3.05, 3.63) is 67.5 Å². The second-order valence-corrected chi connectivity index (χ2v) is 5.51. The molecular weight excluding hydrogens is 334 g/mol. The minimum Gasteiger partial charge on any atom is -0.462 e. The van der Waals surface area contributed by atoms with Gasteiger partial charge in [0.15, 0.2) is 0 Å². The van der Waals surface area contributed by atoms with Crippen molar-refractivity contribution in [3.63, 3.8) is 0 Å². The van der Waals surface area contributed by atoms with E-state index in [2.05, 4.69) is 20.9 Å². The summed E-state index contributed by atoms with van der Waals surface area (Å²) in [6.45, 7) is 3.74. The number of pyridine rings is 1. The van der Waals surface area contributed by atoms with Gasteiger partial charge in [0.1, 0.15) is 0 Å². The largest absolute Gasteiger partial charge is 0.462 e. The molecule has 0 aliphatic rings. The van der Waals surface area contributed by atoms with Crippen molar-refractivity contribution < 1.29 is 9.53 Å². The molecule has 0 atom stereocenters. The highest BCUT2D eigenvalue weighted by molar-refractivity contribution is 9.10. The van der Waals surface area contributed by atoms with Gasteiger partial charge in [0, 0.05) is 22.2 Å². The lowest BCUT2D eigenvalue weighted by Crippen LogP contribution is -2.19. The molecule has 1 aromatic heterocycles. The summed E-state index contributed by atoms with van der Waals surface area (Å²) >= 11 is 3.46. The Labute approximate surface area is 131 Å². The van der Waals surface area contributed by atoms with Crippen molar-refractivity contribution in [2.75, 3.05) is 6.61 Å². The van der Waals surface area contributed by atoms with Gasteiger partial charge in [-0.05, 0) is 31.5 Å². The number of benzene rings is 1. The highest BCUT2D eigenvalue weighted by Gasteiger charge is 2.14. The molecular formula is C16H16BrNO3. The van der Waals surface area contributed by atoms with Gasteiger partial charge in [-0.15, -0.1) is 0 Å². The number of H-pyrrole nitrogens is 1. The lowest BCUT2D eigenvalue weighted by molar-refractivity contribution is 0.0524. The Morgan fingerprint density at radius 1 is 1.29 bits per heavy atom. The third-order valence-electron chi connectivity index (χ3n) is 3.15. The van der Waals surface area contributed by atoms with E-state index in [0.29, 0.717) is 29.8 Å². The first-order valence-corrected chi connectivity index (χ1v) is 7.45. The predicted molar refractivity (Wildman–Crippen MR) is 84.7 cm³/mol. The number of aromatic nitrogens is 1. The molecule has 0 saturated carbocycles. The molecule has 21 heavy (non-hydrogen) atoms. The first-order chi connectivity index (χ1) is 10.0. The van der Waals surface area contributed by atoms with E-state index in [1.807, 2.05) is 24.3 Å². The minimum absolute atomic E-state index is 0.184. The highest BCUT2D eigenvalue weighted by Crippen LogP contribution is 2.19. The summed E-state index contributed by atoms with van der Waals surface area (Å²) in [7, 11) is 0. The maximum Gasteiger partial charge on any atom is 0.339 e. The molecule has 0 aliphatic heterocycles. The summed E-state index contributed by atoms with van der Waals surface area (Å²) in [6.07, 6.45) is 0.448. The summed E-state index contributed by atoms with van der Waals surface area (Å²) < 4.78 is 5.94. The van der Waals surface area contributed by atoms with E-state index in [1.54, 1.807) is 19.9 Å². The number of carbonyl (C=O) groups is 1. The molecule has 0 bridgehead atoms. The number of hydrogen-bond acceptors (Lipinski definition) is 3. The fraction of sp³-hybridized carbons (Fsp3) is 0.250. The van der Waals surface area contributed by atoms with E-state index >= 15 is 0 Å². The van der Waals surface area contributed by atoms with Crippen LogP contribution < -0.4 is 5.56 Å². The number of esters is 1. The van der Waals surface area contributed by atoms with Crippen LogP contribution in [0.1, 0.15) is 34.1 Å². The molecule has 2 aromatic rings. The van der Waals surface area contributed by atoms with Gasteiger partial charge in [0.05, 0.1) is 12.2 Å². The van der Waals surface area contributed by atoms with Gasteiger partial charge in [-0.2, -0.15) is 0 Å². The van der Waals surface area contributed by atoms with Crippen molar-refractivity contribution in [2.24, 2.45) is 0 Å². The van der Waals surface area contributed by atoms with Gasteiger partial charge in [-0.25, -0.2) is 4.79 Å². The van der Waals surface area contributed by atoms with Crippen molar-refractivity contribution in [2.45, 2.75) is 20.3 Å². The van der Waals surface area contributed by atoms with Crippen LogP contribution in [-0.2, 0) is 11.2 Å². The zero-order valence-corrected chi connectivity index (χ0v) is 13.5. The Kier molecular flexibility index (Phi) is 4.96. The molecule has 0 amide bonds. The third-order valence-corrected chi connectivity index (χ3v) is 3.92. The van der Waals surface area contributed by atoms with Crippen molar-refractivity contribution in [1.82, 2.24) is 4.98 Å². The number of nitrogens with one attached hydrogen (secondary N) is 1. The van der Waals surface area contributed by atoms with Crippen molar-refractivity contribution in [3.8, 4) is 0 Å². The SMILES string of the molecule is CCOC(=O)c1cc(Cc2ccccc2Br)c(=O)[nH]c1C. The van der Waals surface area contributed by atoms with Crippen LogP contribution in [0.25, 0.3) is 0 Å². The molecule has 5 heteroatoms. The average molecular weight is 350 g/mol. The van der Waals surface area contributed by atoms with E-state index in [-0.39, 0.29) is 5.56 Å². The quantitative estimate of drug-likeness (QED) is 0.862. The number of aromatic amines is 1. The number of halogens is 1. The second-order valence-electron chi connectivity index (χ2n) is 4.65. The zero-order valence-electron chi connectivity index (χ0n) is 11.9. The lowest BCUT2D eigenvalue weighted by Gasteiger charge is -2.09. The van der Waals surface area contributed by atoms with E-state index in [9.17, 15) is 9.59 Å². The van der Waals surface area contributed by atoms with Crippen LogP contribution in [0.15, 0.2) is 39.6 Å². The van der Waals surface area contributed by atoms with E-state index in [4.69, 9.17) is 4.74 Å². The molecule has 1 N–H and O–H groups in total. The molecule has 0 unspecified atom stereocenters. The first kappa shape index (κ1) is 15.5. The Morgan fingerprint density at radius 3 is 2.67 bits per heavy atom. The number of hydrogen-bond donors (Lipinski definition) is 1. The number of carbonyl (C=O) groups excluding carboxylic acids is 1. The average Bonchev–Trinajstić information content (AvgIpc) is 2.44. The van der Waals surface area contributed by atoms with Crippen LogP contribution in [-0.4, -0.2) is 17.6 Å². The fourth-order valence-corrected chi connectivity index (χ4v) is 2.49. The standard InChI is InChI=1S/C16H16BrNO3/c1-3-21-16(20)13-9-12(15(19)18-10(13)2)8-11-6-4-5-7-14(11)17/h4-7,9H,3,8H2,1-2H3,(H,18,19). The van der Waals surface area contributed by atoms with Crippen LogP contribution in [0.5, 0.6) is 0 Å². The van der Waals surface area contributed by atoms with Crippen LogP contribution in [0.4, 0.5) is 0 Å². The van der Waals surface area contributed by atoms with Gasteiger partial charge < -0.3 is 9.72 Å². The summed E-state index contributed by atoms with van der Waals surface area (Å²) in [5, 5.41) is 0. The molecule has 1 heterocycles. The summed E-state index contributed by atoms with van der Waals surface area (Å²) in [4.78, 5) is 26.7. The van der Waals surface area contributed by atoms with Gasteiger partial charge in [-0.3, -0.25) is 4.79 Å². The molecule has 0 spiro atoms. The highest BCUT2D eigenvalue weighted by atomic mass is 79.9. The van der Waals surface area contributed by atoms with E-state index < -0.39 is 5.97 Å². The molecule has 2 rings (SSSR count). The molecule has 0 saturated heterocycles. The molecule has 110 valence electrons. The van der Waals surface area contributed by atoms with Crippen LogP contribution in [0.3, 0.4) is 0 Å². The second kappa shape index (κ2) is 6.72. The number of ether oxygens (including phenoxy) is 1. The van der Waals surface area contributed by atoms with Crippen LogP contribution in [0.2, 0.25) is 0 Å². The third kappa shape index (κ3) is 3.61. The topological polar surface area (TPSA) is 59.2 Å². The van der Waals surface area contributed by atoms with E-state index in [0.717, 1.165) is 10.0 Å². The zero-order chi connectivity index (χ0) is 15.4. The molecule has 0 aliphatic carbocycles. The summed E-state index contributed by atoms with van der Waals surface area (Å²) in [5.41, 5.74) is 2.27. The molecule has 1 aromatic carbocycles. The van der Waals surface area contributed by atoms with Gasteiger partial charge >= 0.3 is 5.97 Å². The first-order valence-electron chi connectivity index (χ1n) is 6.66. The lowest BCUT2D eigenvalue weighted by atomic mass is 10.0. The smallest absolute Gasteiger partial charge is 0.339 e. The van der Waals surface area contributed by atoms with E-state index in [1.165, 1.54) is 0 Å². The van der Waals surface area contributed by atoms with Gasteiger partial charge in [0.2, 0.25) is 0 Å². The predicted octanol–water partition coefficient (Wildman–Crippen LogP) is 3.21. The maximum atomic E-state index is 12.1. The van der Waals surface area contributed by atoms with Crippen molar-refractivity contribution >= 4 is 21.9 Å². The maximum absolute atomic E-state index is 12.1. The summed E-state index contributed by atoms with van der Waals surface area (Å²) in [6, 6.07) is 9.30. The molecule has 0 radical (unpaired) electrons. The Morgan fingerprint density at radius 2 is 2.00 bits per heavy atom. The normalized spacial score (nSPS) is 10.4. The summed E-state index contributed by atoms with van der Waals surface area (Å²) in [5.74, 6) is -0.417. The molecule has 0 fully saturated rings. The minimum atomic E-state index is -0.417. The Hall–Kier alpha value is -1.88. The van der Waals surface area contributed by atoms with Crippen molar-refractivity contribution in [1.29, 1.82) is 0 Å². The Bertz CT molecular complexity index is 722. The van der Waals surface area contributed by atoms with Crippen LogP contribution >= 0.6 is 15.9 Å². The van der Waals surface area contributed by atoms with Crippen LogP contribution in [0, 0.1) is 6.92 Å². The monoisotopic (exact) mass is 349 g/mol. The number of rotatable bonds is 4. The van der Waals surface area contributed by atoms with Gasteiger partial charge in [0.25, 0.3) is 5.56 Å². The fourth-order valence-electron chi connectivity index (χ4n) is 2.07.